The van der Waals surface area contributed by atoms with Crippen LogP contribution in [0.25, 0.3) is 6.08 Å². The lowest BCUT2D eigenvalue weighted by atomic mass is 9.62. The molecule has 2 aliphatic carbocycles. The second kappa shape index (κ2) is 14.4. The van der Waals surface area contributed by atoms with E-state index in [9.17, 15) is 24.0 Å². The molecule has 0 spiro atoms. The molecule has 0 saturated heterocycles. The van der Waals surface area contributed by atoms with Gasteiger partial charge in [-0.2, -0.15) is 0 Å². The first kappa shape index (κ1) is 36.2. The van der Waals surface area contributed by atoms with Gasteiger partial charge in [0.25, 0.3) is 5.91 Å². The Morgan fingerprint density at radius 3 is 1.63 bits per heavy atom. The molecule has 1 aromatic rings. The van der Waals surface area contributed by atoms with Crippen molar-refractivity contribution in [2.24, 2.45) is 33.1 Å². The summed E-state index contributed by atoms with van der Waals surface area (Å²) in [5, 5.41) is 16.6. The number of primary amides is 2. The van der Waals surface area contributed by atoms with Crippen molar-refractivity contribution in [3.05, 3.63) is 35.9 Å². The van der Waals surface area contributed by atoms with Gasteiger partial charge >= 0.3 is 24.1 Å². The van der Waals surface area contributed by atoms with E-state index < -0.39 is 24.0 Å². The summed E-state index contributed by atoms with van der Waals surface area (Å²) in [6, 6.07) is 4.65. The topological polar surface area (TPSA) is 210 Å². The molecule has 0 radical (unpaired) electrons. The van der Waals surface area contributed by atoms with Gasteiger partial charge in [-0.3, -0.25) is 10.1 Å². The molecule has 46 heavy (non-hydrogen) atoms. The highest BCUT2D eigenvalue weighted by molar-refractivity contribution is 6.02. The van der Waals surface area contributed by atoms with E-state index in [1.807, 2.05) is 0 Å². The number of anilines is 1. The Bertz CT molecular complexity index is 1330. The Kier molecular flexibility index (Phi) is 11.3. The molecular weight excluding hydrogens is 588 g/mol. The molecule has 0 heterocycles. The van der Waals surface area contributed by atoms with Crippen molar-refractivity contribution in [2.45, 2.75) is 92.2 Å². The molecule has 4 atom stereocenters. The third kappa shape index (κ3) is 11.9. The van der Waals surface area contributed by atoms with Gasteiger partial charge in [-0.25, -0.2) is 19.2 Å². The van der Waals surface area contributed by atoms with Crippen molar-refractivity contribution in [1.82, 2.24) is 26.6 Å². The molecule has 0 aromatic heterocycles. The van der Waals surface area contributed by atoms with Crippen LogP contribution in [-0.4, -0.2) is 55.2 Å². The number of rotatable bonds is 9. The molecule has 0 bridgehead atoms. The van der Waals surface area contributed by atoms with Crippen molar-refractivity contribution in [3.63, 3.8) is 0 Å². The number of hydrogen-bond donors (Lipinski definition) is 8. The van der Waals surface area contributed by atoms with Crippen LogP contribution >= 0.6 is 0 Å². The zero-order valence-corrected chi connectivity index (χ0v) is 28.0. The van der Waals surface area contributed by atoms with Gasteiger partial charge in [-0.05, 0) is 84.0 Å². The van der Waals surface area contributed by atoms with Crippen LogP contribution < -0.4 is 43.4 Å². The third-order valence-corrected chi connectivity index (χ3v) is 8.77. The molecule has 9 amide bonds. The zero-order valence-electron chi connectivity index (χ0n) is 28.0. The summed E-state index contributed by atoms with van der Waals surface area (Å²) in [5.41, 5.74) is 11.3. The summed E-state index contributed by atoms with van der Waals surface area (Å²) in [6.07, 6.45) is 7.50. The van der Waals surface area contributed by atoms with Crippen LogP contribution in [0.2, 0.25) is 0 Å². The fourth-order valence-electron chi connectivity index (χ4n) is 7.92. The van der Waals surface area contributed by atoms with Gasteiger partial charge in [0.2, 0.25) is 0 Å². The molecule has 13 nitrogen and oxygen atoms in total. The number of urea groups is 4. The molecule has 13 heteroatoms. The lowest BCUT2D eigenvalue weighted by molar-refractivity contribution is -0.115. The van der Waals surface area contributed by atoms with Crippen LogP contribution in [0.4, 0.5) is 24.9 Å². The third-order valence-electron chi connectivity index (χ3n) is 8.77. The van der Waals surface area contributed by atoms with Crippen LogP contribution in [0.3, 0.4) is 0 Å². The Labute approximate surface area is 271 Å². The quantitative estimate of drug-likeness (QED) is 0.187. The minimum atomic E-state index is -0.584. The van der Waals surface area contributed by atoms with E-state index in [1.54, 1.807) is 30.3 Å². The largest absolute Gasteiger partial charge is 0.352 e. The van der Waals surface area contributed by atoms with E-state index >= 15 is 0 Å². The van der Waals surface area contributed by atoms with E-state index in [-0.39, 0.29) is 39.8 Å². The van der Waals surface area contributed by atoms with Crippen LogP contribution in [-0.2, 0) is 4.79 Å². The van der Waals surface area contributed by atoms with E-state index in [0.29, 0.717) is 37.2 Å². The van der Waals surface area contributed by atoms with Crippen LogP contribution in [0.15, 0.2) is 30.3 Å². The lowest BCUT2D eigenvalue weighted by Gasteiger charge is -2.46. The summed E-state index contributed by atoms with van der Waals surface area (Å²) < 4.78 is 0. The van der Waals surface area contributed by atoms with Gasteiger partial charge in [0, 0.05) is 36.9 Å². The maximum atomic E-state index is 12.8. The van der Waals surface area contributed by atoms with Crippen molar-refractivity contribution < 1.29 is 24.0 Å². The highest BCUT2D eigenvalue weighted by Gasteiger charge is 2.43. The summed E-state index contributed by atoms with van der Waals surface area (Å²) >= 11 is 0. The van der Waals surface area contributed by atoms with Gasteiger partial charge in [0.15, 0.2) is 0 Å². The fraction of sp³-hybridized carbons (Fsp3) is 0.606. The molecule has 0 aliphatic heterocycles. The fourth-order valence-corrected chi connectivity index (χ4v) is 7.92. The number of amides is 9. The smallest absolute Gasteiger partial charge is 0.321 e. The van der Waals surface area contributed by atoms with Crippen molar-refractivity contribution in [3.8, 4) is 0 Å². The first-order valence-electron chi connectivity index (χ1n) is 15.8. The summed E-state index contributed by atoms with van der Waals surface area (Å²) in [4.78, 5) is 60.4. The summed E-state index contributed by atoms with van der Waals surface area (Å²) in [5.74, 6) is -0.569. The lowest BCUT2D eigenvalue weighted by Crippen LogP contribution is -2.53. The predicted molar refractivity (Wildman–Crippen MR) is 179 cm³/mol. The Morgan fingerprint density at radius 1 is 0.717 bits per heavy atom. The number of carbonyl (C=O) groups excluding carboxylic acids is 5. The molecule has 2 aliphatic rings. The van der Waals surface area contributed by atoms with Gasteiger partial charge in [-0.15, -0.1) is 0 Å². The molecule has 2 fully saturated rings. The average molecular weight is 641 g/mol. The van der Waals surface area contributed by atoms with Crippen molar-refractivity contribution in [2.75, 3.05) is 18.4 Å². The van der Waals surface area contributed by atoms with Gasteiger partial charge in [-0.1, -0.05) is 53.7 Å². The number of benzene rings is 1. The summed E-state index contributed by atoms with van der Waals surface area (Å²) in [6.45, 7) is 13.5. The van der Waals surface area contributed by atoms with Crippen LogP contribution in [0.5, 0.6) is 0 Å². The van der Waals surface area contributed by atoms with Crippen LogP contribution in [0, 0.1) is 21.7 Å². The number of carbonyl (C=O) groups is 5. The number of nitrogens with one attached hydrogen (secondary N) is 6. The van der Waals surface area contributed by atoms with E-state index in [0.717, 1.165) is 25.7 Å². The van der Waals surface area contributed by atoms with Crippen LogP contribution in [0.1, 0.15) is 85.6 Å². The zero-order chi connectivity index (χ0) is 34.3. The molecule has 10 N–H and O–H groups in total. The standard InChI is InChI=1S/C33H52N8O5/c1-30(2)13-23(15-32(5,17-30)19-36-26(34)43)39-28(45)38-22-10-7-21(8-11-22)9-12-25(42)41-29(46)40-24-14-31(3,4)18-33(6,16-24)20-37-27(35)44/h7-12,23-24H,13-20H2,1-6H3,(H3,34,36,43)(H3,35,37,44)(H2,38,39,45)(H2,40,41,42,46)/b12-9+. The number of nitrogens with two attached hydrogens (primary N) is 2. The van der Waals surface area contributed by atoms with Crippen molar-refractivity contribution in [1.29, 1.82) is 0 Å². The molecule has 254 valence electrons. The molecular formula is C33H52N8O5. The first-order valence-corrected chi connectivity index (χ1v) is 15.8. The van der Waals surface area contributed by atoms with E-state index in [4.69, 9.17) is 11.5 Å². The van der Waals surface area contributed by atoms with Gasteiger partial charge in [0.05, 0.1) is 0 Å². The highest BCUT2D eigenvalue weighted by Crippen LogP contribution is 2.46. The normalized spacial score (nSPS) is 26.7. The predicted octanol–water partition coefficient (Wildman–Crippen LogP) is 4.15. The molecule has 1 aromatic carbocycles. The SMILES string of the molecule is CC1(C)CC(NC(=O)NC(=O)/C=C/c2ccc(NC(=O)NC3CC(C)(C)CC(C)(CNC(N)=O)C3)cc2)CC(C)(CNC(N)=O)C1. The molecule has 2 saturated carbocycles. The van der Waals surface area contributed by atoms with Gasteiger partial charge in [0.1, 0.15) is 0 Å². The van der Waals surface area contributed by atoms with E-state index in [2.05, 4.69) is 73.4 Å². The second-order valence-corrected chi connectivity index (χ2v) is 15.5. The molecule has 3 rings (SSSR count). The maximum Gasteiger partial charge on any atom is 0.321 e. The molecule has 4 unspecified atom stereocenters. The number of imide groups is 1. The van der Waals surface area contributed by atoms with Crippen molar-refractivity contribution >= 4 is 41.8 Å². The Balaban J connectivity index is 1.48. The summed E-state index contributed by atoms with van der Waals surface area (Å²) in [7, 11) is 0. The van der Waals surface area contributed by atoms with Gasteiger partial charge < -0.3 is 38.1 Å². The minimum Gasteiger partial charge on any atom is -0.352 e. The highest BCUT2D eigenvalue weighted by atomic mass is 16.2. The Hall–Kier alpha value is -4.29. The maximum absolute atomic E-state index is 12.8. The monoisotopic (exact) mass is 640 g/mol. The first-order chi connectivity index (χ1) is 21.2. The van der Waals surface area contributed by atoms with E-state index in [1.165, 1.54) is 6.08 Å². The Morgan fingerprint density at radius 2 is 1.17 bits per heavy atom. The number of hydrogen-bond acceptors (Lipinski definition) is 5. The average Bonchev–Trinajstić information content (AvgIpc) is 2.88. The minimum absolute atomic E-state index is 0.0235. The second-order valence-electron chi connectivity index (χ2n) is 15.5.